The van der Waals surface area contributed by atoms with Crippen LogP contribution in [0.3, 0.4) is 0 Å². The van der Waals surface area contributed by atoms with Crippen molar-refractivity contribution in [2.24, 2.45) is 0 Å². The van der Waals surface area contributed by atoms with Gasteiger partial charge in [-0.3, -0.25) is 0 Å². The molecular formula is C22H15ClN4O4S. The number of aromatic nitrogens is 2. The molecule has 0 atom stereocenters. The van der Waals surface area contributed by atoms with Crippen molar-refractivity contribution >= 4 is 38.6 Å². The molecular weight excluding hydrogens is 452 g/mol. The van der Waals surface area contributed by atoms with Crippen molar-refractivity contribution in [2.45, 2.75) is 10.6 Å². The summed E-state index contributed by atoms with van der Waals surface area (Å²) >= 11 is 6.17. The van der Waals surface area contributed by atoms with Crippen LogP contribution in [0.5, 0.6) is 0 Å². The van der Waals surface area contributed by atoms with Crippen LogP contribution in [0.1, 0.15) is 16.8 Å². The molecule has 0 amide bonds. The molecule has 0 spiro atoms. The van der Waals surface area contributed by atoms with Crippen LogP contribution in [-0.2, 0) is 15.6 Å². The molecule has 2 heterocycles. The number of nitrogens with zero attached hydrogens (tertiary/aromatic N) is 3. The van der Waals surface area contributed by atoms with E-state index < -0.39 is 26.3 Å². The number of hydrogen-bond acceptors (Lipinski definition) is 6. The summed E-state index contributed by atoms with van der Waals surface area (Å²) in [4.78, 5) is 15.5. The number of hydrogen-bond donors (Lipinski definition) is 1. The third-order valence-electron chi connectivity index (χ3n) is 4.59. The van der Waals surface area contributed by atoms with Crippen LogP contribution in [0.4, 0.5) is 11.5 Å². The molecule has 0 saturated heterocycles. The lowest BCUT2D eigenvalue weighted by Gasteiger charge is -2.02. The molecule has 0 aliphatic carbocycles. The molecule has 0 radical (unpaired) electrons. The van der Waals surface area contributed by atoms with Gasteiger partial charge in [0, 0.05) is 11.3 Å². The first-order valence-corrected chi connectivity index (χ1v) is 11.3. The topological polar surface area (TPSA) is 121 Å². The molecule has 0 unspecified atom stereocenters. The van der Waals surface area contributed by atoms with E-state index in [1.165, 1.54) is 24.4 Å². The lowest BCUT2D eigenvalue weighted by molar-refractivity contribution is -0.391. The Morgan fingerprint density at radius 2 is 1.78 bits per heavy atom. The van der Waals surface area contributed by atoms with Gasteiger partial charge in [-0.05, 0) is 47.4 Å². The van der Waals surface area contributed by atoms with E-state index in [0.29, 0.717) is 16.8 Å². The number of pyridine rings is 1. The number of halogens is 1. The molecule has 32 heavy (non-hydrogen) atoms. The quantitative estimate of drug-likeness (QED) is 0.211. The lowest BCUT2D eigenvalue weighted by Crippen LogP contribution is -2.07. The van der Waals surface area contributed by atoms with E-state index >= 15 is 0 Å². The number of nitrogens with two attached hydrogens (primary N) is 1. The molecule has 0 aliphatic rings. The monoisotopic (exact) mass is 466 g/mol. The molecule has 4 rings (SSSR count). The highest BCUT2D eigenvalue weighted by Gasteiger charge is 2.29. The predicted molar refractivity (Wildman–Crippen MR) is 121 cm³/mol. The SMILES string of the molecule is Nc1ccc(C#Cc2cc(Cl)cn3c([N+](=O)[O-])c(CS(=O)(=O)c4ccccc4)nc23)cc1. The third kappa shape index (κ3) is 4.27. The minimum Gasteiger partial charge on any atom is -0.399 e. The number of imidazole rings is 1. The van der Waals surface area contributed by atoms with Crippen LogP contribution >= 0.6 is 11.6 Å². The van der Waals surface area contributed by atoms with Gasteiger partial charge in [0.1, 0.15) is 11.9 Å². The van der Waals surface area contributed by atoms with E-state index in [4.69, 9.17) is 17.3 Å². The van der Waals surface area contributed by atoms with E-state index in [-0.39, 0.29) is 21.3 Å². The second-order valence-electron chi connectivity index (χ2n) is 6.85. The van der Waals surface area contributed by atoms with Gasteiger partial charge in [-0.25, -0.2) is 13.4 Å². The van der Waals surface area contributed by atoms with Crippen LogP contribution < -0.4 is 5.73 Å². The number of anilines is 1. The van der Waals surface area contributed by atoms with E-state index in [9.17, 15) is 18.5 Å². The van der Waals surface area contributed by atoms with Crippen molar-refractivity contribution in [1.82, 2.24) is 9.38 Å². The molecule has 2 aromatic carbocycles. The van der Waals surface area contributed by atoms with E-state index in [1.54, 1.807) is 42.5 Å². The standard InChI is InChI=1S/C22H15ClN4O4S/c23-17-12-16(9-6-15-7-10-18(24)11-8-15)21-25-20(22(27(28)29)26(21)13-17)14-32(30,31)19-4-2-1-3-5-19/h1-5,7-8,10-13H,14,24H2. The summed E-state index contributed by atoms with van der Waals surface area (Å²) in [6.07, 6.45) is 1.31. The van der Waals surface area contributed by atoms with Crippen molar-refractivity contribution in [2.75, 3.05) is 5.73 Å². The molecule has 0 saturated carbocycles. The first-order valence-electron chi connectivity index (χ1n) is 9.25. The van der Waals surface area contributed by atoms with Crippen molar-refractivity contribution in [3.05, 3.63) is 98.8 Å². The van der Waals surface area contributed by atoms with Gasteiger partial charge in [0.2, 0.25) is 5.65 Å². The maximum atomic E-state index is 12.8. The zero-order valence-electron chi connectivity index (χ0n) is 16.4. The Balaban J connectivity index is 1.85. The smallest absolute Gasteiger partial charge is 0.352 e. The van der Waals surface area contributed by atoms with Gasteiger partial charge in [-0.15, -0.1) is 0 Å². The number of nitrogen functional groups attached to an aromatic ring is 1. The number of nitro groups is 1. The average Bonchev–Trinajstić information content (AvgIpc) is 3.11. The van der Waals surface area contributed by atoms with Crippen molar-refractivity contribution in [3.8, 4) is 11.8 Å². The van der Waals surface area contributed by atoms with Crippen LogP contribution in [0.25, 0.3) is 5.65 Å². The average molecular weight is 467 g/mol. The van der Waals surface area contributed by atoms with E-state index in [2.05, 4.69) is 16.8 Å². The molecule has 10 heteroatoms. The van der Waals surface area contributed by atoms with Gasteiger partial charge in [0.25, 0.3) is 0 Å². The fourth-order valence-corrected chi connectivity index (χ4v) is 4.62. The lowest BCUT2D eigenvalue weighted by atomic mass is 10.2. The Labute approximate surface area is 188 Å². The number of rotatable bonds is 4. The second-order valence-corrected chi connectivity index (χ2v) is 9.27. The van der Waals surface area contributed by atoms with Crippen LogP contribution in [-0.4, -0.2) is 22.7 Å². The minimum atomic E-state index is -3.86. The zero-order valence-corrected chi connectivity index (χ0v) is 18.0. The van der Waals surface area contributed by atoms with Gasteiger partial charge in [-0.1, -0.05) is 41.6 Å². The molecule has 0 fully saturated rings. The van der Waals surface area contributed by atoms with Gasteiger partial charge < -0.3 is 15.8 Å². The minimum absolute atomic E-state index is 0.0488. The number of benzene rings is 2. The summed E-state index contributed by atoms with van der Waals surface area (Å²) < 4.78 is 26.8. The molecule has 0 bridgehead atoms. The Kier molecular flexibility index (Phi) is 5.57. The molecule has 2 aromatic heterocycles. The van der Waals surface area contributed by atoms with Gasteiger partial charge in [-0.2, -0.15) is 4.40 Å². The van der Waals surface area contributed by atoms with Crippen molar-refractivity contribution in [3.63, 3.8) is 0 Å². The highest BCUT2D eigenvalue weighted by molar-refractivity contribution is 7.90. The van der Waals surface area contributed by atoms with Crippen LogP contribution in [0.2, 0.25) is 5.02 Å². The van der Waals surface area contributed by atoms with E-state index in [1.807, 2.05) is 0 Å². The second kappa shape index (κ2) is 8.34. The number of fused-ring (bicyclic) bond motifs is 1. The Hall–Kier alpha value is -3.87. The zero-order chi connectivity index (χ0) is 22.9. The first kappa shape index (κ1) is 21.4. The van der Waals surface area contributed by atoms with Crippen LogP contribution in [0, 0.1) is 22.0 Å². The van der Waals surface area contributed by atoms with Gasteiger partial charge in [0.05, 0.1) is 15.5 Å². The molecule has 8 nitrogen and oxygen atoms in total. The predicted octanol–water partition coefficient (Wildman–Crippen LogP) is 3.85. The Morgan fingerprint density at radius 3 is 2.44 bits per heavy atom. The van der Waals surface area contributed by atoms with Gasteiger partial charge in [0.15, 0.2) is 15.5 Å². The van der Waals surface area contributed by atoms with E-state index in [0.717, 1.165) is 4.40 Å². The first-order chi connectivity index (χ1) is 15.2. The number of sulfone groups is 1. The summed E-state index contributed by atoms with van der Waals surface area (Å²) in [6, 6.07) is 16.1. The maximum absolute atomic E-state index is 12.8. The highest BCUT2D eigenvalue weighted by atomic mass is 35.5. The Morgan fingerprint density at radius 1 is 1.09 bits per heavy atom. The maximum Gasteiger partial charge on any atom is 0.352 e. The summed E-state index contributed by atoms with van der Waals surface area (Å²) in [5.41, 5.74) is 7.20. The Bertz CT molecular complexity index is 1500. The fourth-order valence-electron chi connectivity index (χ4n) is 3.13. The summed E-state index contributed by atoms with van der Waals surface area (Å²) in [5.74, 6) is 4.73. The van der Waals surface area contributed by atoms with Crippen molar-refractivity contribution < 1.29 is 13.3 Å². The molecule has 0 aliphatic heterocycles. The fraction of sp³-hybridized carbons (Fsp3) is 0.0455. The normalized spacial score (nSPS) is 11.2. The molecule has 160 valence electrons. The summed E-state index contributed by atoms with van der Waals surface area (Å²) in [7, 11) is -3.86. The molecule has 2 N–H and O–H groups in total. The van der Waals surface area contributed by atoms with Crippen LogP contribution in [0.15, 0.2) is 71.8 Å². The largest absolute Gasteiger partial charge is 0.399 e. The van der Waals surface area contributed by atoms with Crippen molar-refractivity contribution in [1.29, 1.82) is 0 Å². The summed E-state index contributed by atoms with van der Waals surface area (Å²) in [5, 5.41) is 12.0. The summed E-state index contributed by atoms with van der Waals surface area (Å²) in [6.45, 7) is 0. The third-order valence-corrected chi connectivity index (χ3v) is 6.44. The highest BCUT2D eigenvalue weighted by Crippen LogP contribution is 2.28. The molecule has 4 aromatic rings. The van der Waals surface area contributed by atoms with Gasteiger partial charge >= 0.3 is 5.82 Å².